The van der Waals surface area contributed by atoms with Crippen molar-refractivity contribution in [2.24, 2.45) is 39.9 Å². The summed E-state index contributed by atoms with van der Waals surface area (Å²) >= 11 is 0. The van der Waals surface area contributed by atoms with E-state index < -0.39 is 108 Å². The van der Waals surface area contributed by atoms with Gasteiger partial charge in [-0.1, -0.05) is 41.5 Å². The minimum Gasteiger partial charge on any atom is -0.481 e. The minimum atomic E-state index is -1.59. The standard InChI is InChI=1S/C38H65N13O10/c1-18(2)12-24(39)33(57)47-25(10-9-11-43-38(40)41)34(58)45-21(7)31(55)48-26(13-23-15-42-17-44-23)35(59)46-22(8)32(56)51-30(20(5)6)37(61)49-27(14-29(53)54)36(60)50-28(16-52)19(3)4/h15-22,24-28,30H,9-14,39H2,1-8H3,(H,42,44)(H,45,58)(H,46,59)(H,47,57)(H,48,55)(H,49,61)(H,50,60)(H,51,56)(H,53,54)(H4,40,41,43)/t21-,22-,24-,25-,26-,27-,28+,30-/m0/s1. The van der Waals surface area contributed by atoms with Crippen molar-refractivity contribution in [3.63, 3.8) is 0 Å². The van der Waals surface area contributed by atoms with Crippen molar-refractivity contribution in [2.75, 3.05) is 6.54 Å². The van der Waals surface area contributed by atoms with E-state index in [2.05, 4.69) is 52.2 Å². The summed E-state index contributed by atoms with van der Waals surface area (Å²) in [6.45, 7) is 13.1. The molecule has 15 N–H and O–H groups in total. The molecule has 23 heteroatoms. The van der Waals surface area contributed by atoms with Crippen LogP contribution < -0.4 is 54.4 Å². The Labute approximate surface area is 355 Å². The summed E-state index contributed by atoms with van der Waals surface area (Å²) in [5, 5.41) is 26.9. The molecule has 0 bridgehead atoms. The minimum absolute atomic E-state index is 0.0968. The van der Waals surface area contributed by atoms with Gasteiger partial charge in [-0.05, 0) is 50.9 Å². The van der Waals surface area contributed by atoms with Crippen LogP contribution in [0, 0.1) is 17.8 Å². The van der Waals surface area contributed by atoms with Crippen LogP contribution in [0.2, 0.25) is 0 Å². The van der Waals surface area contributed by atoms with Gasteiger partial charge in [-0.25, -0.2) is 4.98 Å². The molecule has 1 heterocycles. The van der Waals surface area contributed by atoms with Crippen LogP contribution in [0.1, 0.15) is 86.8 Å². The highest BCUT2D eigenvalue weighted by Crippen LogP contribution is 2.09. The molecule has 0 saturated carbocycles. The fraction of sp³-hybridized carbons (Fsp3) is 0.658. The summed E-state index contributed by atoms with van der Waals surface area (Å²) in [6.07, 6.45) is 3.06. The summed E-state index contributed by atoms with van der Waals surface area (Å²) < 4.78 is 0. The molecule has 0 fully saturated rings. The number of amides is 7. The fourth-order valence-corrected chi connectivity index (χ4v) is 5.63. The lowest BCUT2D eigenvalue weighted by molar-refractivity contribution is -0.141. The molecule has 8 atom stereocenters. The summed E-state index contributed by atoms with van der Waals surface area (Å²) in [4.78, 5) is 127. The molecule has 7 amide bonds. The number of carbonyl (C=O) groups is 9. The topological polar surface area (TPSA) is 377 Å². The maximum Gasteiger partial charge on any atom is 0.305 e. The van der Waals surface area contributed by atoms with Gasteiger partial charge in [-0.3, -0.25) is 43.3 Å². The molecule has 0 saturated heterocycles. The smallest absolute Gasteiger partial charge is 0.305 e. The molecule has 0 aromatic carbocycles. The van der Waals surface area contributed by atoms with Crippen LogP contribution in [-0.4, -0.2) is 130 Å². The van der Waals surface area contributed by atoms with Crippen LogP contribution in [0.4, 0.5) is 0 Å². The number of guanidine groups is 1. The number of imidazole rings is 1. The predicted octanol–water partition coefficient (Wildman–Crippen LogP) is -3.20. The molecule has 61 heavy (non-hydrogen) atoms. The van der Waals surface area contributed by atoms with Crippen molar-refractivity contribution in [1.82, 2.24) is 47.2 Å². The highest BCUT2D eigenvalue weighted by Gasteiger charge is 2.34. The Kier molecular flexibility index (Phi) is 22.7. The van der Waals surface area contributed by atoms with Gasteiger partial charge in [0.25, 0.3) is 0 Å². The summed E-state index contributed by atoms with van der Waals surface area (Å²) in [5.74, 6) is -7.92. The molecule has 1 rings (SSSR count). The number of aromatic amines is 1. The number of nitrogens with one attached hydrogen (secondary N) is 8. The highest BCUT2D eigenvalue weighted by molar-refractivity contribution is 5.98. The van der Waals surface area contributed by atoms with Gasteiger partial charge in [0.05, 0.1) is 24.8 Å². The van der Waals surface area contributed by atoms with Gasteiger partial charge in [0.15, 0.2) is 5.96 Å². The van der Waals surface area contributed by atoms with Gasteiger partial charge in [-0.2, -0.15) is 0 Å². The maximum atomic E-state index is 13.6. The van der Waals surface area contributed by atoms with E-state index in [1.54, 1.807) is 27.7 Å². The third-order valence-corrected chi connectivity index (χ3v) is 9.19. The highest BCUT2D eigenvalue weighted by atomic mass is 16.4. The zero-order valence-electron chi connectivity index (χ0n) is 36.1. The van der Waals surface area contributed by atoms with Crippen molar-refractivity contribution in [1.29, 1.82) is 0 Å². The number of aromatic nitrogens is 2. The van der Waals surface area contributed by atoms with Crippen molar-refractivity contribution in [3.8, 4) is 0 Å². The van der Waals surface area contributed by atoms with Crippen molar-refractivity contribution < 1.29 is 48.3 Å². The van der Waals surface area contributed by atoms with Crippen LogP contribution in [0.5, 0.6) is 0 Å². The van der Waals surface area contributed by atoms with E-state index in [1.165, 1.54) is 26.4 Å². The molecule has 1 aromatic heterocycles. The number of carboxylic acids is 1. The second-order valence-electron chi connectivity index (χ2n) is 15.9. The summed E-state index contributed by atoms with van der Waals surface area (Å²) in [7, 11) is 0. The summed E-state index contributed by atoms with van der Waals surface area (Å²) in [5.41, 5.74) is 17.2. The number of nitrogens with two attached hydrogens (primary N) is 3. The number of aldehydes is 1. The van der Waals surface area contributed by atoms with Crippen molar-refractivity contribution in [3.05, 3.63) is 18.2 Å². The number of carboxylic acid groups (broad SMARTS) is 1. The van der Waals surface area contributed by atoms with Gasteiger partial charge < -0.3 is 69.3 Å². The van der Waals surface area contributed by atoms with E-state index >= 15 is 0 Å². The van der Waals surface area contributed by atoms with Crippen LogP contribution in [0.25, 0.3) is 0 Å². The maximum absolute atomic E-state index is 13.6. The lowest BCUT2D eigenvalue weighted by atomic mass is 10.0. The van der Waals surface area contributed by atoms with E-state index in [0.717, 1.165) is 0 Å². The van der Waals surface area contributed by atoms with Crippen LogP contribution in [0.3, 0.4) is 0 Å². The normalized spacial score (nSPS) is 15.1. The molecule has 1 aromatic rings. The number of carbonyl (C=O) groups excluding carboxylic acids is 8. The van der Waals surface area contributed by atoms with Crippen LogP contribution in [-0.2, 0) is 49.6 Å². The molecule has 342 valence electrons. The Morgan fingerprint density at radius 1 is 0.721 bits per heavy atom. The number of aliphatic carboxylic acids is 1. The molecule has 0 aliphatic carbocycles. The van der Waals surface area contributed by atoms with Crippen LogP contribution >= 0.6 is 0 Å². The second-order valence-corrected chi connectivity index (χ2v) is 15.9. The Bertz CT molecular complexity index is 1680. The molecular weight excluding hydrogens is 798 g/mol. The molecule has 23 nitrogen and oxygen atoms in total. The average molecular weight is 864 g/mol. The van der Waals surface area contributed by atoms with E-state index in [4.69, 9.17) is 17.2 Å². The van der Waals surface area contributed by atoms with Gasteiger partial charge >= 0.3 is 5.97 Å². The molecule has 0 radical (unpaired) electrons. The zero-order valence-corrected chi connectivity index (χ0v) is 36.1. The lowest BCUT2D eigenvalue weighted by Gasteiger charge is -2.27. The fourth-order valence-electron chi connectivity index (χ4n) is 5.63. The number of aliphatic imine (C=N–C) groups is 1. The van der Waals surface area contributed by atoms with Gasteiger partial charge in [0.2, 0.25) is 41.4 Å². The van der Waals surface area contributed by atoms with Crippen LogP contribution in [0.15, 0.2) is 17.5 Å². The van der Waals surface area contributed by atoms with Gasteiger partial charge in [-0.15, -0.1) is 0 Å². The van der Waals surface area contributed by atoms with Gasteiger partial charge in [0.1, 0.15) is 42.5 Å². The third-order valence-electron chi connectivity index (χ3n) is 9.19. The number of hydrogen-bond acceptors (Lipinski definition) is 12. The Morgan fingerprint density at radius 2 is 1.26 bits per heavy atom. The summed E-state index contributed by atoms with van der Waals surface area (Å²) in [6, 6.07) is -9.72. The predicted molar refractivity (Wildman–Crippen MR) is 222 cm³/mol. The third kappa shape index (κ3) is 19.7. The first-order valence-corrected chi connectivity index (χ1v) is 20.0. The lowest BCUT2D eigenvalue weighted by Crippen LogP contribution is -2.60. The first-order chi connectivity index (χ1) is 28.5. The zero-order chi connectivity index (χ0) is 46.6. The Balaban J connectivity index is 3.14. The first kappa shape index (κ1) is 52.9. The van der Waals surface area contributed by atoms with Crippen molar-refractivity contribution >= 4 is 59.6 Å². The SMILES string of the molecule is CC(C)C[C@H](N)C(=O)N[C@@H](CCCN=C(N)N)C(=O)N[C@@H](C)C(=O)N[C@@H](Cc1cnc[nH]1)C(=O)N[C@@H](C)C(=O)N[C@H](C(=O)N[C@@H](CC(=O)O)C(=O)N[C@H](C=O)C(C)C)C(C)C. The molecule has 0 spiro atoms. The molecular formula is C38H65N13O10. The number of H-pyrrole nitrogens is 1. The number of rotatable bonds is 27. The van der Waals surface area contributed by atoms with E-state index in [9.17, 15) is 48.3 Å². The largest absolute Gasteiger partial charge is 0.481 e. The molecule has 0 aliphatic rings. The number of hydrogen-bond donors (Lipinski definition) is 12. The Morgan fingerprint density at radius 3 is 1.75 bits per heavy atom. The van der Waals surface area contributed by atoms with E-state index in [1.807, 2.05) is 13.8 Å². The first-order valence-electron chi connectivity index (χ1n) is 20.0. The molecule has 0 aliphatic heterocycles. The molecule has 0 unspecified atom stereocenters. The van der Waals surface area contributed by atoms with Gasteiger partial charge in [0, 0.05) is 24.9 Å². The quantitative estimate of drug-likeness (QED) is 0.0179. The van der Waals surface area contributed by atoms with E-state index in [-0.39, 0.29) is 37.2 Å². The van der Waals surface area contributed by atoms with Crippen molar-refractivity contribution in [2.45, 2.75) is 136 Å². The number of nitrogens with zero attached hydrogens (tertiary/aromatic N) is 2. The Hall–Kier alpha value is -6.13. The average Bonchev–Trinajstić information content (AvgIpc) is 3.68. The van der Waals surface area contributed by atoms with E-state index in [0.29, 0.717) is 24.8 Å². The monoisotopic (exact) mass is 863 g/mol. The second kappa shape index (κ2) is 26.2.